The van der Waals surface area contributed by atoms with E-state index in [2.05, 4.69) is 0 Å². The second-order valence-electron chi connectivity index (χ2n) is 5.25. The Labute approximate surface area is 106 Å². The van der Waals surface area contributed by atoms with Crippen LogP contribution >= 0.6 is 0 Å². The van der Waals surface area contributed by atoms with Gasteiger partial charge < -0.3 is 14.7 Å². The fourth-order valence-electron chi connectivity index (χ4n) is 2.61. The van der Waals surface area contributed by atoms with Crippen LogP contribution < -0.4 is 4.74 Å². The minimum absolute atomic E-state index is 0.0651. The first-order valence-corrected chi connectivity index (χ1v) is 6.38. The topological polar surface area (TPSA) is 49.8 Å². The Morgan fingerprint density at radius 3 is 2.56 bits per heavy atom. The van der Waals surface area contributed by atoms with Gasteiger partial charge in [0.2, 0.25) is 0 Å². The molecular formula is C14H17NO3. The molecule has 1 aliphatic heterocycles. The lowest BCUT2D eigenvalue weighted by Crippen LogP contribution is -2.40. The summed E-state index contributed by atoms with van der Waals surface area (Å²) in [6.07, 6.45) is 0.823. The molecule has 96 valence electrons. The number of amides is 1. The van der Waals surface area contributed by atoms with Crippen LogP contribution in [-0.4, -0.2) is 35.1 Å². The molecule has 1 aromatic carbocycles. The van der Waals surface area contributed by atoms with Crippen molar-refractivity contribution in [3.8, 4) is 11.5 Å². The van der Waals surface area contributed by atoms with Crippen molar-refractivity contribution in [1.82, 2.24) is 4.90 Å². The summed E-state index contributed by atoms with van der Waals surface area (Å²) in [5.41, 5.74) is 0. The van der Waals surface area contributed by atoms with E-state index in [1.165, 1.54) is 6.42 Å². The maximum atomic E-state index is 12.1. The van der Waals surface area contributed by atoms with Crippen molar-refractivity contribution in [3.63, 3.8) is 0 Å². The van der Waals surface area contributed by atoms with Crippen molar-refractivity contribution >= 4 is 5.91 Å². The van der Waals surface area contributed by atoms with Gasteiger partial charge in [0.05, 0.1) is 0 Å². The van der Waals surface area contributed by atoms with Crippen LogP contribution in [0.3, 0.4) is 0 Å². The molecule has 3 rings (SSSR count). The molecule has 0 aromatic heterocycles. The van der Waals surface area contributed by atoms with Crippen molar-refractivity contribution in [3.05, 3.63) is 24.3 Å². The first-order chi connectivity index (χ1) is 8.63. The predicted octanol–water partition coefficient (Wildman–Crippen LogP) is 1.64. The number of ether oxygens (including phenoxy) is 1. The van der Waals surface area contributed by atoms with Crippen LogP contribution in [0.4, 0.5) is 0 Å². The van der Waals surface area contributed by atoms with E-state index in [4.69, 9.17) is 4.74 Å². The molecule has 2 aliphatic rings. The summed E-state index contributed by atoms with van der Waals surface area (Å²) in [4.78, 5) is 14.0. The Morgan fingerprint density at radius 2 is 1.94 bits per heavy atom. The third-order valence-electron chi connectivity index (χ3n) is 3.79. The summed E-state index contributed by atoms with van der Waals surface area (Å²) in [7, 11) is 0. The lowest BCUT2D eigenvalue weighted by molar-refractivity contribution is -0.137. The molecule has 0 radical (unpaired) electrons. The lowest BCUT2D eigenvalue weighted by atomic mass is 10.3. The zero-order valence-electron chi connectivity index (χ0n) is 10.4. The van der Waals surface area contributed by atoms with E-state index >= 15 is 0 Å². The summed E-state index contributed by atoms with van der Waals surface area (Å²) in [6, 6.07) is 6.44. The first kappa shape index (κ1) is 11.4. The minimum atomic E-state index is -0.466. The van der Waals surface area contributed by atoms with E-state index in [0.717, 1.165) is 24.9 Å². The molecule has 1 amide bonds. The van der Waals surface area contributed by atoms with Crippen LogP contribution in [-0.2, 0) is 4.79 Å². The molecule has 2 fully saturated rings. The number of fused-ring (bicyclic) bond motifs is 1. The average molecular weight is 247 g/mol. The van der Waals surface area contributed by atoms with E-state index in [1.54, 1.807) is 31.2 Å². The van der Waals surface area contributed by atoms with Gasteiger partial charge in [-0.1, -0.05) is 0 Å². The highest BCUT2D eigenvalue weighted by Crippen LogP contribution is 2.45. The standard InChI is InChI=1S/C14H17NO3/c1-9(18-13-4-2-12(16)3-5-13)14(17)15-7-10-6-11(10)8-15/h2-5,9-11,16H,6-8H2,1H3. The van der Waals surface area contributed by atoms with Crippen LogP contribution in [0.25, 0.3) is 0 Å². The molecule has 3 atom stereocenters. The number of nitrogens with zero attached hydrogens (tertiary/aromatic N) is 1. The number of aromatic hydroxyl groups is 1. The van der Waals surface area contributed by atoms with Gasteiger partial charge >= 0.3 is 0 Å². The summed E-state index contributed by atoms with van der Waals surface area (Å²) in [5, 5.41) is 9.18. The summed E-state index contributed by atoms with van der Waals surface area (Å²) < 4.78 is 5.59. The van der Waals surface area contributed by atoms with E-state index < -0.39 is 6.10 Å². The third kappa shape index (κ3) is 2.15. The van der Waals surface area contributed by atoms with Gasteiger partial charge in [-0.05, 0) is 49.4 Å². The first-order valence-electron chi connectivity index (χ1n) is 6.38. The zero-order chi connectivity index (χ0) is 12.7. The van der Waals surface area contributed by atoms with Crippen LogP contribution in [0.5, 0.6) is 11.5 Å². The van der Waals surface area contributed by atoms with Crippen LogP contribution in [0.1, 0.15) is 13.3 Å². The Morgan fingerprint density at radius 1 is 1.33 bits per heavy atom. The number of piperidine rings is 1. The molecule has 1 saturated carbocycles. The Balaban J connectivity index is 1.58. The molecule has 1 aromatic rings. The molecule has 1 aliphatic carbocycles. The van der Waals surface area contributed by atoms with Crippen LogP contribution in [0.2, 0.25) is 0 Å². The molecule has 1 saturated heterocycles. The molecule has 1 heterocycles. The summed E-state index contributed by atoms with van der Waals surface area (Å²) in [6.45, 7) is 3.57. The third-order valence-corrected chi connectivity index (χ3v) is 3.79. The van der Waals surface area contributed by atoms with Crippen LogP contribution in [0.15, 0.2) is 24.3 Å². The fraction of sp³-hybridized carbons (Fsp3) is 0.500. The highest BCUT2D eigenvalue weighted by molar-refractivity contribution is 5.81. The maximum absolute atomic E-state index is 12.1. The number of carbonyl (C=O) groups excluding carboxylic acids is 1. The SMILES string of the molecule is CC(Oc1ccc(O)cc1)C(=O)N1CC2CC2C1. The number of hydrogen-bond donors (Lipinski definition) is 1. The van der Waals surface area contributed by atoms with Gasteiger partial charge in [-0.15, -0.1) is 0 Å². The lowest BCUT2D eigenvalue weighted by Gasteiger charge is -2.22. The van der Waals surface area contributed by atoms with Crippen molar-refractivity contribution in [1.29, 1.82) is 0 Å². The molecule has 1 N–H and O–H groups in total. The van der Waals surface area contributed by atoms with Crippen molar-refractivity contribution < 1.29 is 14.6 Å². The van der Waals surface area contributed by atoms with E-state index in [9.17, 15) is 9.90 Å². The number of carbonyl (C=O) groups is 1. The number of rotatable bonds is 3. The molecule has 4 nitrogen and oxygen atoms in total. The van der Waals surface area contributed by atoms with Crippen molar-refractivity contribution in [2.75, 3.05) is 13.1 Å². The number of hydrogen-bond acceptors (Lipinski definition) is 3. The van der Waals surface area contributed by atoms with Gasteiger partial charge in [-0.3, -0.25) is 4.79 Å². The van der Waals surface area contributed by atoms with Gasteiger partial charge in [0, 0.05) is 13.1 Å². The predicted molar refractivity (Wildman–Crippen MR) is 66.4 cm³/mol. The van der Waals surface area contributed by atoms with E-state index in [-0.39, 0.29) is 11.7 Å². The highest BCUT2D eigenvalue weighted by Gasteiger charge is 2.47. The molecule has 3 unspecified atom stereocenters. The number of benzene rings is 1. The van der Waals surface area contributed by atoms with Gasteiger partial charge in [0.15, 0.2) is 6.10 Å². The number of phenols is 1. The molecule has 0 spiro atoms. The fourth-order valence-corrected chi connectivity index (χ4v) is 2.61. The normalized spacial score (nSPS) is 26.6. The van der Waals surface area contributed by atoms with Gasteiger partial charge in [-0.2, -0.15) is 0 Å². The Bertz CT molecular complexity index is 447. The second kappa shape index (κ2) is 4.19. The molecule has 0 bridgehead atoms. The van der Waals surface area contributed by atoms with Crippen molar-refractivity contribution in [2.24, 2.45) is 11.8 Å². The molecule has 18 heavy (non-hydrogen) atoms. The average Bonchev–Trinajstić information content (AvgIpc) is 2.98. The smallest absolute Gasteiger partial charge is 0.263 e. The van der Waals surface area contributed by atoms with Gasteiger partial charge in [0.25, 0.3) is 5.91 Å². The van der Waals surface area contributed by atoms with E-state index in [0.29, 0.717) is 5.75 Å². The summed E-state index contributed by atoms with van der Waals surface area (Å²) >= 11 is 0. The van der Waals surface area contributed by atoms with E-state index in [1.807, 2.05) is 4.90 Å². The highest BCUT2D eigenvalue weighted by atomic mass is 16.5. The Hall–Kier alpha value is -1.71. The molecular weight excluding hydrogens is 230 g/mol. The zero-order valence-corrected chi connectivity index (χ0v) is 10.4. The number of likely N-dealkylation sites (tertiary alicyclic amines) is 1. The van der Waals surface area contributed by atoms with Crippen molar-refractivity contribution in [2.45, 2.75) is 19.4 Å². The largest absolute Gasteiger partial charge is 0.508 e. The number of phenolic OH excluding ortho intramolecular Hbond substituents is 1. The van der Waals surface area contributed by atoms with Crippen LogP contribution in [0, 0.1) is 11.8 Å². The van der Waals surface area contributed by atoms with Gasteiger partial charge in [-0.25, -0.2) is 0 Å². The minimum Gasteiger partial charge on any atom is -0.508 e. The monoisotopic (exact) mass is 247 g/mol. The van der Waals surface area contributed by atoms with Gasteiger partial charge in [0.1, 0.15) is 11.5 Å². The maximum Gasteiger partial charge on any atom is 0.263 e. The molecule has 4 heteroatoms. The summed E-state index contributed by atoms with van der Waals surface area (Å²) in [5.74, 6) is 2.36. The second-order valence-corrected chi connectivity index (χ2v) is 5.25. The Kier molecular flexibility index (Phi) is 2.65. The quantitative estimate of drug-likeness (QED) is 0.883.